The number of halogens is 1. The molecule has 0 aromatic heterocycles. The number of methoxy groups -OCH3 is 1. The topological polar surface area (TPSA) is 44.8 Å². The first-order valence-electron chi connectivity index (χ1n) is 8.76. The molecular formula is C20H24ClN3O2. The Balaban J connectivity index is 1.46. The van der Waals surface area contributed by atoms with Crippen LogP contribution in [0.4, 0.5) is 5.69 Å². The van der Waals surface area contributed by atoms with Gasteiger partial charge in [-0.1, -0.05) is 41.9 Å². The second-order valence-corrected chi connectivity index (χ2v) is 6.80. The largest absolute Gasteiger partial charge is 0.496 e. The van der Waals surface area contributed by atoms with Gasteiger partial charge in [-0.3, -0.25) is 14.6 Å². The van der Waals surface area contributed by atoms with E-state index in [9.17, 15) is 4.79 Å². The van der Waals surface area contributed by atoms with Gasteiger partial charge in [0.15, 0.2) is 0 Å². The fourth-order valence-corrected chi connectivity index (χ4v) is 3.32. The summed E-state index contributed by atoms with van der Waals surface area (Å²) >= 11 is 6.09. The van der Waals surface area contributed by atoms with Gasteiger partial charge >= 0.3 is 0 Å². The quantitative estimate of drug-likeness (QED) is 0.845. The van der Waals surface area contributed by atoms with Crippen LogP contribution >= 0.6 is 11.6 Å². The molecule has 0 radical (unpaired) electrons. The Kier molecular flexibility index (Phi) is 6.50. The third kappa shape index (κ3) is 4.97. The zero-order valence-corrected chi connectivity index (χ0v) is 15.7. The number of nitrogens with one attached hydrogen (secondary N) is 1. The van der Waals surface area contributed by atoms with E-state index in [2.05, 4.69) is 21.2 Å². The minimum Gasteiger partial charge on any atom is -0.496 e. The van der Waals surface area contributed by atoms with Crippen molar-refractivity contribution < 1.29 is 9.53 Å². The monoisotopic (exact) mass is 373 g/mol. The number of benzene rings is 2. The number of amides is 1. The summed E-state index contributed by atoms with van der Waals surface area (Å²) in [6.07, 6.45) is 0. The van der Waals surface area contributed by atoms with E-state index in [1.807, 2.05) is 36.4 Å². The molecule has 1 heterocycles. The van der Waals surface area contributed by atoms with E-state index in [0.717, 1.165) is 38.5 Å². The highest BCUT2D eigenvalue weighted by atomic mass is 35.5. The van der Waals surface area contributed by atoms with Crippen molar-refractivity contribution in [2.75, 3.05) is 45.2 Å². The molecule has 26 heavy (non-hydrogen) atoms. The van der Waals surface area contributed by atoms with Crippen molar-refractivity contribution in [2.24, 2.45) is 0 Å². The Bertz CT molecular complexity index is 745. The Morgan fingerprint density at radius 2 is 1.69 bits per heavy atom. The molecule has 0 bridgehead atoms. The SMILES string of the molecule is COc1ccccc1CN1CCN(CC(=O)Nc2ccccc2Cl)CC1. The maximum absolute atomic E-state index is 12.2. The number of hydrogen-bond acceptors (Lipinski definition) is 4. The lowest BCUT2D eigenvalue weighted by atomic mass is 10.1. The first-order chi connectivity index (χ1) is 12.7. The van der Waals surface area contributed by atoms with E-state index >= 15 is 0 Å². The van der Waals surface area contributed by atoms with Gasteiger partial charge in [0.25, 0.3) is 0 Å². The summed E-state index contributed by atoms with van der Waals surface area (Å²) in [5.74, 6) is 0.894. The molecule has 0 saturated carbocycles. The summed E-state index contributed by atoms with van der Waals surface area (Å²) in [6.45, 7) is 4.84. The van der Waals surface area contributed by atoms with Gasteiger partial charge in [-0.15, -0.1) is 0 Å². The van der Waals surface area contributed by atoms with Crippen LogP contribution in [0.25, 0.3) is 0 Å². The summed E-state index contributed by atoms with van der Waals surface area (Å²) in [5, 5.41) is 3.44. The second kappa shape index (κ2) is 9.03. The summed E-state index contributed by atoms with van der Waals surface area (Å²) in [5.41, 5.74) is 1.86. The fourth-order valence-electron chi connectivity index (χ4n) is 3.14. The molecule has 1 N–H and O–H groups in total. The smallest absolute Gasteiger partial charge is 0.238 e. The number of piperazine rings is 1. The average molecular weight is 374 g/mol. The van der Waals surface area contributed by atoms with Gasteiger partial charge in [0, 0.05) is 38.3 Å². The molecule has 1 saturated heterocycles. The van der Waals surface area contributed by atoms with E-state index in [-0.39, 0.29) is 5.91 Å². The number of carbonyl (C=O) groups is 1. The molecule has 0 unspecified atom stereocenters. The summed E-state index contributed by atoms with van der Waals surface area (Å²) in [4.78, 5) is 16.8. The van der Waals surface area contributed by atoms with Crippen LogP contribution in [0.2, 0.25) is 5.02 Å². The molecular weight excluding hydrogens is 350 g/mol. The number of hydrogen-bond donors (Lipinski definition) is 1. The molecule has 138 valence electrons. The first-order valence-corrected chi connectivity index (χ1v) is 9.14. The zero-order valence-electron chi connectivity index (χ0n) is 15.0. The van der Waals surface area contributed by atoms with Crippen molar-refractivity contribution in [3.05, 3.63) is 59.1 Å². The molecule has 1 fully saturated rings. The van der Waals surface area contributed by atoms with Crippen molar-refractivity contribution in [3.63, 3.8) is 0 Å². The average Bonchev–Trinajstić information content (AvgIpc) is 2.66. The molecule has 5 nitrogen and oxygen atoms in total. The Morgan fingerprint density at radius 3 is 2.42 bits per heavy atom. The molecule has 3 rings (SSSR count). The number of nitrogens with zero attached hydrogens (tertiary/aromatic N) is 2. The van der Waals surface area contributed by atoms with Crippen LogP contribution in [-0.4, -0.2) is 55.5 Å². The van der Waals surface area contributed by atoms with Gasteiger partial charge in [-0.05, 0) is 18.2 Å². The van der Waals surface area contributed by atoms with Gasteiger partial charge in [-0.2, -0.15) is 0 Å². The predicted molar refractivity (Wildman–Crippen MR) is 105 cm³/mol. The highest BCUT2D eigenvalue weighted by molar-refractivity contribution is 6.33. The van der Waals surface area contributed by atoms with Crippen molar-refractivity contribution in [1.82, 2.24) is 9.80 Å². The minimum atomic E-state index is -0.0312. The molecule has 2 aromatic carbocycles. The molecule has 6 heteroatoms. The number of para-hydroxylation sites is 2. The Morgan fingerprint density at radius 1 is 1.04 bits per heavy atom. The van der Waals surface area contributed by atoms with Gasteiger partial charge in [0.05, 0.1) is 24.4 Å². The van der Waals surface area contributed by atoms with E-state index in [4.69, 9.17) is 16.3 Å². The number of rotatable bonds is 6. The van der Waals surface area contributed by atoms with Gasteiger partial charge in [-0.25, -0.2) is 0 Å². The third-order valence-corrected chi connectivity index (χ3v) is 4.90. The van der Waals surface area contributed by atoms with Gasteiger partial charge < -0.3 is 10.1 Å². The van der Waals surface area contributed by atoms with Crippen molar-refractivity contribution >= 4 is 23.2 Å². The number of anilines is 1. The third-order valence-electron chi connectivity index (χ3n) is 4.57. The molecule has 0 spiro atoms. The lowest BCUT2D eigenvalue weighted by Crippen LogP contribution is -2.48. The summed E-state index contributed by atoms with van der Waals surface area (Å²) < 4.78 is 5.43. The molecule has 1 aliphatic heterocycles. The molecule has 1 aliphatic rings. The van der Waals surface area contributed by atoms with E-state index < -0.39 is 0 Å². The second-order valence-electron chi connectivity index (χ2n) is 6.39. The van der Waals surface area contributed by atoms with Crippen LogP contribution in [0.1, 0.15) is 5.56 Å². The normalized spacial score (nSPS) is 15.6. The zero-order chi connectivity index (χ0) is 18.4. The molecule has 2 aromatic rings. The number of ether oxygens (including phenoxy) is 1. The lowest BCUT2D eigenvalue weighted by molar-refractivity contribution is -0.117. The van der Waals surface area contributed by atoms with Crippen molar-refractivity contribution in [2.45, 2.75) is 6.54 Å². The van der Waals surface area contributed by atoms with Crippen LogP contribution in [-0.2, 0) is 11.3 Å². The van der Waals surface area contributed by atoms with Crippen LogP contribution in [0.5, 0.6) is 5.75 Å². The molecule has 0 aliphatic carbocycles. The standard InChI is InChI=1S/C20H24ClN3O2/c1-26-19-9-5-2-6-16(19)14-23-10-12-24(13-11-23)15-20(25)22-18-8-4-3-7-17(18)21/h2-9H,10-15H2,1H3,(H,22,25). The first kappa shape index (κ1) is 18.7. The van der Waals surface area contributed by atoms with Crippen molar-refractivity contribution in [1.29, 1.82) is 0 Å². The summed E-state index contributed by atoms with van der Waals surface area (Å²) in [7, 11) is 1.70. The van der Waals surface area contributed by atoms with Gasteiger partial charge in [0.1, 0.15) is 5.75 Å². The van der Waals surface area contributed by atoms with E-state index in [1.54, 1.807) is 13.2 Å². The Labute approximate surface area is 159 Å². The van der Waals surface area contributed by atoms with Crippen LogP contribution in [0.3, 0.4) is 0 Å². The maximum Gasteiger partial charge on any atom is 0.238 e. The summed E-state index contributed by atoms with van der Waals surface area (Å²) in [6, 6.07) is 15.4. The van der Waals surface area contributed by atoms with Crippen LogP contribution < -0.4 is 10.1 Å². The Hall–Kier alpha value is -2.08. The van der Waals surface area contributed by atoms with E-state index in [1.165, 1.54) is 5.56 Å². The van der Waals surface area contributed by atoms with Crippen LogP contribution in [0, 0.1) is 0 Å². The minimum absolute atomic E-state index is 0.0312. The number of carbonyl (C=O) groups excluding carboxylic acids is 1. The predicted octanol–water partition coefficient (Wildman–Crippen LogP) is 3.10. The highest BCUT2D eigenvalue weighted by Crippen LogP contribution is 2.21. The van der Waals surface area contributed by atoms with E-state index in [0.29, 0.717) is 17.3 Å². The van der Waals surface area contributed by atoms with Crippen LogP contribution in [0.15, 0.2) is 48.5 Å². The molecule has 0 atom stereocenters. The van der Waals surface area contributed by atoms with Gasteiger partial charge in [0.2, 0.25) is 5.91 Å². The highest BCUT2D eigenvalue weighted by Gasteiger charge is 2.20. The lowest BCUT2D eigenvalue weighted by Gasteiger charge is -2.34. The maximum atomic E-state index is 12.2. The fraction of sp³-hybridized carbons (Fsp3) is 0.350. The molecule has 1 amide bonds. The van der Waals surface area contributed by atoms with Crippen molar-refractivity contribution in [3.8, 4) is 5.75 Å².